The number of fused-ring (bicyclic) bond motifs is 2. The van der Waals surface area contributed by atoms with Gasteiger partial charge in [0.1, 0.15) is 0 Å². The van der Waals surface area contributed by atoms with Crippen LogP contribution in [0.1, 0.15) is 36.1 Å². The van der Waals surface area contributed by atoms with Crippen molar-refractivity contribution in [3.8, 4) is 11.5 Å². The topological polar surface area (TPSA) is 71.0 Å². The van der Waals surface area contributed by atoms with E-state index in [1.54, 1.807) is 0 Å². The van der Waals surface area contributed by atoms with Crippen molar-refractivity contribution in [1.82, 2.24) is 19.8 Å². The van der Waals surface area contributed by atoms with E-state index < -0.39 is 0 Å². The number of hydrogen-bond donors (Lipinski definition) is 0. The number of benzene rings is 1. The first-order valence-corrected chi connectivity index (χ1v) is 12.2. The molecular weight excluding hydrogens is 418 g/mol. The van der Waals surface area contributed by atoms with E-state index in [-0.39, 0.29) is 12.7 Å². The molecule has 0 radical (unpaired) electrons. The van der Waals surface area contributed by atoms with Crippen molar-refractivity contribution in [2.75, 3.05) is 51.0 Å². The van der Waals surface area contributed by atoms with Crippen LogP contribution in [0, 0.1) is 0 Å². The Morgan fingerprint density at radius 3 is 2.64 bits per heavy atom. The van der Waals surface area contributed by atoms with E-state index >= 15 is 0 Å². The molecular formula is C25H31N5O3. The van der Waals surface area contributed by atoms with Gasteiger partial charge in [-0.25, -0.2) is 9.97 Å². The van der Waals surface area contributed by atoms with Gasteiger partial charge in [-0.1, -0.05) is 12.5 Å². The molecule has 1 aromatic heterocycles. The van der Waals surface area contributed by atoms with Crippen LogP contribution in [0.25, 0.3) is 0 Å². The normalized spacial score (nSPS) is 20.8. The number of amides is 1. The number of hydrogen-bond acceptors (Lipinski definition) is 7. The van der Waals surface area contributed by atoms with Crippen molar-refractivity contribution in [2.24, 2.45) is 0 Å². The molecule has 4 aliphatic rings. The van der Waals surface area contributed by atoms with Gasteiger partial charge < -0.3 is 19.3 Å². The number of aromatic nitrogens is 2. The number of ether oxygens (including phenoxy) is 2. The Kier molecular flexibility index (Phi) is 5.54. The Bertz CT molecular complexity index is 1030. The van der Waals surface area contributed by atoms with Gasteiger partial charge >= 0.3 is 0 Å². The van der Waals surface area contributed by atoms with Crippen LogP contribution < -0.4 is 14.4 Å². The van der Waals surface area contributed by atoms with E-state index in [2.05, 4.69) is 9.80 Å². The standard InChI is InChI=1S/C25H31N5O3/c31-24(15-18-4-5-22-23(14-18)33-17-32-22)29-8-6-19-16-26-25(27-21(19)7-9-29)30-12-10-28(11-13-30)20-2-1-3-20/h4-5,14,16,20H,1-3,6-13,15,17H2. The van der Waals surface area contributed by atoms with Gasteiger partial charge in [-0.2, -0.15) is 0 Å². The van der Waals surface area contributed by atoms with Crippen molar-refractivity contribution < 1.29 is 14.3 Å². The summed E-state index contributed by atoms with van der Waals surface area (Å²) in [6.45, 7) is 5.85. The summed E-state index contributed by atoms with van der Waals surface area (Å²) in [5, 5.41) is 0. The molecule has 33 heavy (non-hydrogen) atoms. The zero-order valence-corrected chi connectivity index (χ0v) is 19.0. The van der Waals surface area contributed by atoms with Gasteiger partial charge in [-0.3, -0.25) is 9.69 Å². The average molecular weight is 450 g/mol. The Morgan fingerprint density at radius 1 is 1.00 bits per heavy atom. The van der Waals surface area contributed by atoms with Crippen LogP contribution in [0.4, 0.5) is 5.95 Å². The van der Waals surface area contributed by atoms with Crippen LogP contribution in [0.5, 0.6) is 11.5 Å². The number of nitrogens with zero attached hydrogens (tertiary/aromatic N) is 5. The highest BCUT2D eigenvalue weighted by molar-refractivity contribution is 5.79. The molecule has 8 heteroatoms. The predicted molar refractivity (Wildman–Crippen MR) is 124 cm³/mol. The third kappa shape index (κ3) is 4.24. The zero-order chi connectivity index (χ0) is 22.2. The van der Waals surface area contributed by atoms with E-state index in [0.717, 1.165) is 73.8 Å². The number of carbonyl (C=O) groups is 1. The average Bonchev–Trinajstić information content (AvgIpc) is 3.16. The Morgan fingerprint density at radius 2 is 1.82 bits per heavy atom. The Labute approximate surface area is 194 Å². The second-order valence-corrected chi connectivity index (χ2v) is 9.49. The van der Waals surface area contributed by atoms with Crippen LogP contribution in [-0.2, 0) is 24.1 Å². The summed E-state index contributed by atoms with van der Waals surface area (Å²) in [5.41, 5.74) is 3.22. The molecule has 2 fully saturated rings. The summed E-state index contributed by atoms with van der Waals surface area (Å²) in [6, 6.07) is 6.54. The number of piperazine rings is 1. The molecule has 0 N–H and O–H groups in total. The monoisotopic (exact) mass is 449 g/mol. The summed E-state index contributed by atoms with van der Waals surface area (Å²) in [5.74, 6) is 2.46. The molecule has 0 atom stereocenters. The summed E-state index contributed by atoms with van der Waals surface area (Å²) in [7, 11) is 0. The van der Waals surface area contributed by atoms with E-state index in [9.17, 15) is 4.79 Å². The summed E-state index contributed by atoms with van der Waals surface area (Å²) in [6.07, 6.45) is 8.04. The van der Waals surface area contributed by atoms with E-state index in [4.69, 9.17) is 19.4 Å². The van der Waals surface area contributed by atoms with E-state index in [1.807, 2.05) is 29.3 Å². The van der Waals surface area contributed by atoms with Crippen LogP contribution >= 0.6 is 0 Å². The highest BCUT2D eigenvalue weighted by Crippen LogP contribution is 2.33. The van der Waals surface area contributed by atoms with Crippen molar-refractivity contribution in [2.45, 2.75) is 44.6 Å². The third-order valence-electron chi connectivity index (χ3n) is 7.54. The van der Waals surface area contributed by atoms with E-state index in [0.29, 0.717) is 19.5 Å². The van der Waals surface area contributed by atoms with Gasteiger partial charge in [0.05, 0.1) is 12.1 Å². The zero-order valence-electron chi connectivity index (χ0n) is 19.0. The summed E-state index contributed by atoms with van der Waals surface area (Å²) < 4.78 is 10.8. The SMILES string of the molecule is O=C(Cc1ccc2c(c1)OCO2)N1CCc2cnc(N3CCN(C4CCC4)CC3)nc2CC1. The fraction of sp³-hybridized carbons (Fsp3) is 0.560. The molecule has 4 heterocycles. The van der Waals surface area contributed by atoms with Crippen LogP contribution in [0.2, 0.25) is 0 Å². The molecule has 1 saturated heterocycles. The Hall–Kier alpha value is -2.87. The molecule has 1 amide bonds. The van der Waals surface area contributed by atoms with Crippen LogP contribution in [0.15, 0.2) is 24.4 Å². The fourth-order valence-corrected chi connectivity index (χ4v) is 5.24. The highest BCUT2D eigenvalue weighted by Gasteiger charge is 2.29. The van der Waals surface area contributed by atoms with Gasteiger partial charge in [0.2, 0.25) is 18.6 Å². The van der Waals surface area contributed by atoms with Crippen molar-refractivity contribution in [3.05, 3.63) is 41.2 Å². The molecule has 0 unspecified atom stereocenters. The molecule has 0 spiro atoms. The molecule has 8 nitrogen and oxygen atoms in total. The molecule has 0 bridgehead atoms. The summed E-state index contributed by atoms with van der Waals surface area (Å²) >= 11 is 0. The third-order valence-corrected chi connectivity index (χ3v) is 7.54. The highest BCUT2D eigenvalue weighted by atomic mass is 16.7. The van der Waals surface area contributed by atoms with Gasteiger partial charge in [-0.15, -0.1) is 0 Å². The van der Waals surface area contributed by atoms with Crippen molar-refractivity contribution in [3.63, 3.8) is 0 Å². The fourth-order valence-electron chi connectivity index (χ4n) is 5.24. The smallest absolute Gasteiger partial charge is 0.231 e. The lowest BCUT2D eigenvalue weighted by molar-refractivity contribution is -0.130. The maximum absolute atomic E-state index is 13.0. The predicted octanol–water partition coefficient (Wildman–Crippen LogP) is 2.05. The van der Waals surface area contributed by atoms with Crippen LogP contribution in [-0.4, -0.2) is 77.8 Å². The molecule has 6 rings (SSSR count). The van der Waals surface area contributed by atoms with Gasteiger partial charge in [0.25, 0.3) is 0 Å². The minimum absolute atomic E-state index is 0.141. The number of anilines is 1. The Balaban J connectivity index is 1.07. The molecule has 1 aromatic carbocycles. The second kappa shape index (κ2) is 8.82. The lowest BCUT2D eigenvalue weighted by Gasteiger charge is -2.43. The molecule has 3 aliphatic heterocycles. The largest absolute Gasteiger partial charge is 0.454 e. The van der Waals surface area contributed by atoms with Gasteiger partial charge in [-0.05, 0) is 42.5 Å². The van der Waals surface area contributed by atoms with Gasteiger partial charge in [0.15, 0.2) is 11.5 Å². The first-order chi connectivity index (χ1) is 16.2. The van der Waals surface area contributed by atoms with E-state index in [1.165, 1.54) is 24.8 Å². The molecule has 1 aliphatic carbocycles. The quantitative estimate of drug-likeness (QED) is 0.708. The second-order valence-electron chi connectivity index (χ2n) is 9.49. The molecule has 174 valence electrons. The van der Waals surface area contributed by atoms with Crippen molar-refractivity contribution >= 4 is 11.9 Å². The number of rotatable bonds is 4. The first-order valence-electron chi connectivity index (χ1n) is 12.2. The first kappa shape index (κ1) is 20.7. The number of carbonyl (C=O) groups excluding carboxylic acids is 1. The lowest BCUT2D eigenvalue weighted by Crippen LogP contribution is -2.52. The maximum Gasteiger partial charge on any atom is 0.231 e. The van der Waals surface area contributed by atoms with Crippen LogP contribution in [0.3, 0.4) is 0 Å². The minimum Gasteiger partial charge on any atom is -0.454 e. The lowest BCUT2D eigenvalue weighted by atomic mass is 9.91. The van der Waals surface area contributed by atoms with Gasteiger partial charge in [0, 0.05) is 57.9 Å². The minimum atomic E-state index is 0.141. The summed E-state index contributed by atoms with van der Waals surface area (Å²) in [4.78, 5) is 29.6. The molecule has 1 saturated carbocycles. The van der Waals surface area contributed by atoms with Crippen molar-refractivity contribution in [1.29, 1.82) is 0 Å². The molecule has 2 aromatic rings. The maximum atomic E-state index is 13.0.